The summed E-state index contributed by atoms with van der Waals surface area (Å²) in [5, 5.41) is 14.1. The minimum atomic E-state index is -0.946. The van der Waals surface area contributed by atoms with Gasteiger partial charge >= 0.3 is 5.97 Å². The second-order valence-corrected chi connectivity index (χ2v) is 3.48. The SMILES string of the molecule is O=C(O)Cc1noc2ccc3ccoc3c12. The summed E-state index contributed by atoms with van der Waals surface area (Å²) in [4.78, 5) is 10.7. The van der Waals surface area contributed by atoms with Crippen LogP contribution in [0.15, 0.2) is 33.4 Å². The van der Waals surface area contributed by atoms with Crippen LogP contribution in [0.2, 0.25) is 0 Å². The van der Waals surface area contributed by atoms with Crippen molar-refractivity contribution in [2.24, 2.45) is 0 Å². The fourth-order valence-corrected chi connectivity index (χ4v) is 1.78. The minimum absolute atomic E-state index is 0.174. The summed E-state index contributed by atoms with van der Waals surface area (Å²) in [6.45, 7) is 0. The van der Waals surface area contributed by atoms with E-state index in [-0.39, 0.29) is 6.42 Å². The molecule has 2 aromatic heterocycles. The maximum Gasteiger partial charge on any atom is 0.309 e. The summed E-state index contributed by atoms with van der Waals surface area (Å²) in [6.07, 6.45) is 1.38. The van der Waals surface area contributed by atoms with Crippen LogP contribution in [-0.2, 0) is 11.2 Å². The summed E-state index contributed by atoms with van der Waals surface area (Å²) in [7, 11) is 0. The maximum atomic E-state index is 10.7. The van der Waals surface area contributed by atoms with E-state index in [1.54, 1.807) is 12.3 Å². The van der Waals surface area contributed by atoms with Crippen LogP contribution in [0, 0.1) is 0 Å². The number of hydrogen-bond acceptors (Lipinski definition) is 4. The Kier molecular flexibility index (Phi) is 1.73. The van der Waals surface area contributed by atoms with Gasteiger partial charge in [-0.2, -0.15) is 0 Å². The average molecular weight is 217 g/mol. The zero-order valence-electron chi connectivity index (χ0n) is 8.14. The first-order valence-corrected chi connectivity index (χ1v) is 4.72. The molecule has 1 aromatic carbocycles. The average Bonchev–Trinajstić information content (AvgIpc) is 2.82. The van der Waals surface area contributed by atoms with E-state index >= 15 is 0 Å². The first-order valence-electron chi connectivity index (χ1n) is 4.72. The molecule has 0 saturated carbocycles. The van der Waals surface area contributed by atoms with Gasteiger partial charge in [0.25, 0.3) is 0 Å². The highest BCUT2D eigenvalue weighted by atomic mass is 16.5. The van der Waals surface area contributed by atoms with E-state index in [2.05, 4.69) is 5.16 Å². The predicted molar refractivity (Wildman–Crippen MR) is 55.1 cm³/mol. The summed E-state index contributed by atoms with van der Waals surface area (Å²) >= 11 is 0. The number of furan rings is 1. The summed E-state index contributed by atoms with van der Waals surface area (Å²) in [5.41, 5.74) is 1.55. The minimum Gasteiger partial charge on any atom is -0.481 e. The van der Waals surface area contributed by atoms with E-state index in [1.165, 1.54) is 0 Å². The fraction of sp³-hybridized carbons (Fsp3) is 0.0909. The van der Waals surface area contributed by atoms with Crippen LogP contribution < -0.4 is 0 Å². The van der Waals surface area contributed by atoms with Crippen molar-refractivity contribution >= 4 is 27.9 Å². The smallest absolute Gasteiger partial charge is 0.309 e. The van der Waals surface area contributed by atoms with Gasteiger partial charge in [-0.05, 0) is 18.2 Å². The monoisotopic (exact) mass is 217 g/mol. The van der Waals surface area contributed by atoms with E-state index in [9.17, 15) is 4.79 Å². The lowest BCUT2D eigenvalue weighted by Crippen LogP contribution is -2.00. The molecule has 0 aliphatic carbocycles. The van der Waals surface area contributed by atoms with E-state index in [0.29, 0.717) is 22.2 Å². The number of nitrogens with zero attached hydrogens (tertiary/aromatic N) is 1. The topological polar surface area (TPSA) is 76.5 Å². The molecule has 0 radical (unpaired) electrons. The van der Waals surface area contributed by atoms with Gasteiger partial charge in [0.05, 0.1) is 18.1 Å². The quantitative estimate of drug-likeness (QED) is 0.712. The molecule has 80 valence electrons. The van der Waals surface area contributed by atoms with Crippen LogP contribution in [0.25, 0.3) is 21.9 Å². The first kappa shape index (κ1) is 8.96. The second-order valence-electron chi connectivity index (χ2n) is 3.48. The van der Waals surface area contributed by atoms with E-state index in [4.69, 9.17) is 14.0 Å². The summed E-state index contributed by atoms with van der Waals surface area (Å²) < 4.78 is 10.4. The van der Waals surface area contributed by atoms with Crippen LogP contribution in [0.3, 0.4) is 0 Å². The Morgan fingerprint density at radius 2 is 2.25 bits per heavy atom. The number of benzene rings is 1. The molecular weight excluding hydrogens is 210 g/mol. The third kappa shape index (κ3) is 1.18. The van der Waals surface area contributed by atoms with Crippen molar-refractivity contribution in [3.05, 3.63) is 30.2 Å². The highest BCUT2D eigenvalue weighted by Gasteiger charge is 2.16. The number of carboxylic acids is 1. The number of aliphatic carboxylic acids is 1. The third-order valence-corrected chi connectivity index (χ3v) is 2.44. The number of fused-ring (bicyclic) bond motifs is 3. The van der Waals surface area contributed by atoms with Crippen molar-refractivity contribution in [2.75, 3.05) is 0 Å². The first-order chi connectivity index (χ1) is 7.75. The Bertz CT molecular complexity index is 679. The predicted octanol–water partition coefficient (Wildman–Crippen LogP) is 2.20. The molecule has 0 aliphatic heterocycles. The van der Waals surface area contributed by atoms with Crippen molar-refractivity contribution in [2.45, 2.75) is 6.42 Å². The Hall–Kier alpha value is -2.30. The molecule has 3 aromatic rings. The van der Waals surface area contributed by atoms with Gasteiger partial charge in [0.15, 0.2) is 5.58 Å². The van der Waals surface area contributed by atoms with Crippen LogP contribution in [0.1, 0.15) is 5.69 Å². The Morgan fingerprint density at radius 1 is 1.38 bits per heavy atom. The van der Waals surface area contributed by atoms with Crippen molar-refractivity contribution in [1.82, 2.24) is 5.16 Å². The van der Waals surface area contributed by atoms with Gasteiger partial charge in [0.2, 0.25) is 0 Å². The largest absolute Gasteiger partial charge is 0.481 e. The standard InChI is InChI=1S/C11H7NO4/c13-9(14)5-7-10-8(16-12-7)2-1-6-3-4-15-11(6)10/h1-4H,5H2,(H,13,14). The molecule has 1 N–H and O–H groups in total. The Labute approximate surface area is 89.2 Å². The maximum absolute atomic E-state index is 10.7. The zero-order valence-corrected chi connectivity index (χ0v) is 8.14. The number of rotatable bonds is 2. The van der Waals surface area contributed by atoms with Gasteiger partial charge in [0, 0.05) is 5.39 Å². The number of carbonyl (C=O) groups is 1. The van der Waals surface area contributed by atoms with Crippen LogP contribution in [0.4, 0.5) is 0 Å². The second kappa shape index (κ2) is 3.10. The molecule has 16 heavy (non-hydrogen) atoms. The molecule has 0 fully saturated rings. The van der Waals surface area contributed by atoms with Crippen molar-refractivity contribution < 1.29 is 18.8 Å². The molecule has 5 nitrogen and oxygen atoms in total. The summed E-state index contributed by atoms with van der Waals surface area (Å²) in [6, 6.07) is 5.41. The Morgan fingerprint density at radius 3 is 3.06 bits per heavy atom. The molecule has 0 unspecified atom stereocenters. The van der Waals surface area contributed by atoms with E-state index < -0.39 is 5.97 Å². The Balaban J connectivity index is 2.36. The lowest BCUT2D eigenvalue weighted by atomic mass is 10.1. The lowest BCUT2D eigenvalue weighted by molar-refractivity contribution is -0.136. The molecule has 0 amide bonds. The highest BCUT2D eigenvalue weighted by molar-refractivity contribution is 6.04. The molecule has 0 saturated heterocycles. The normalized spacial score (nSPS) is 11.2. The van der Waals surface area contributed by atoms with Gasteiger partial charge in [-0.3, -0.25) is 4.79 Å². The molecule has 2 heterocycles. The molecule has 0 aliphatic rings. The van der Waals surface area contributed by atoms with Crippen molar-refractivity contribution in [1.29, 1.82) is 0 Å². The number of carboxylic acid groups (broad SMARTS) is 1. The highest BCUT2D eigenvalue weighted by Crippen LogP contribution is 2.29. The van der Waals surface area contributed by atoms with Crippen LogP contribution >= 0.6 is 0 Å². The molecular formula is C11H7NO4. The molecule has 5 heteroatoms. The molecule has 3 rings (SSSR count). The molecule has 0 bridgehead atoms. The number of hydrogen-bond donors (Lipinski definition) is 1. The third-order valence-electron chi connectivity index (χ3n) is 2.44. The molecule has 0 atom stereocenters. The number of aromatic nitrogens is 1. The van der Waals surface area contributed by atoms with Gasteiger partial charge in [-0.25, -0.2) is 0 Å². The molecule has 0 spiro atoms. The van der Waals surface area contributed by atoms with Gasteiger partial charge < -0.3 is 14.0 Å². The van der Waals surface area contributed by atoms with E-state index in [1.807, 2.05) is 12.1 Å². The lowest BCUT2D eigenvalue weighted by Gasteiger charge is -1.92. The van der Waals surface area contributed by atoms with Gasteiger partial charge in [-0.15, -0.1) is 0 Å². The van der Waals surface area contributed by atoms with E-state index in [0.717, 1.165) is 5.39 Å². The van der Waals surface area contributed by atoms with Crippen LogP contribution in [-0.4, -0.2) is 16.2 Å². The zero-order chi connectivity index (χ0) is 11.1. The summed E-state index contributed by atoms with van der Waals surface area (Å²) in [5.74, 6) is -0.946. The van der Waals surface area contributed by atoms with Crippen molar-refractivity contribution in [3.63, 3.8) is 0 Å². The fourth-order valence-electron chi connectivity index (χ4n) is 1.78. The van der Waals surface area contributed by atoms with Gasteiger partial charge in [-0.1, -0.05) is 5.16 Å². The van der Waals surface area contributed by atoms with Gasteiger partial charge in [0.1, 0.15) is 11.3 Å². The van der Waals surface area contributed by atoms with Crippen molar-refractivity contribution in [3.8, 4) is 0 Å². The van der Waals surface area contributed by atoms with Crippen LogP contribution in [0.5, 0.6) is 0 Å².